The number of aliphatic hydroxyl groups excluding tert-OH is 1. The van der Waals surface area contributed by atoms with Gasteiger partial charge in [-0.2, -0.15) is 0 Å². The van der Waals surface area contributed by atoms with Gasteiger partial charge in [-0.1, -0.05) is 23.9 Å². The van der Waals surface area contributed by atoms with Gasteiger partial charge in [0.2, 0.25) is 0 Å². The van der Waals surface area contributed by atoms with Gasteiger partial charge in [-0.05, 0) is 36.8 Å². The van der Waals surface area contributed by atoms with Crippen LogP contribution in [0.5, 0.6) is 0 Å². The molecule has 0 saturated heterocycles. The summed E-state index contributed by atoms with van der Waals surface area (Å²) < 4.78 is 40.4. The number of hydrogen-bond acceptors (Lipinski definition) is 2. The number of benzene rings is 2. The second-order valence-electron chi connectivity index (χ2n) is 4.01. The summed E-state index contributed by atoms with van der Waals surface area (Å²) in [5, 5.41) is 9.58. The van der Waals surface area contributed by atoms with Crippen LogP contribution in [0.3, 0.4) is 0 Å². The van der Waals surface area contributed by atoms with Gasteiger partial charge in [0.15, 0.2) is 0 Å². The molecule has 0 spiro atoms. The first-order valence-corrected chi connectivity index (χ1v) is 6.40. The Labute approximate surface area is 113 Å². The maximum absolute atomic E-state index is 13.8. The van der Waals surface area contributed by atoms with E-state index < -0.39 is 23.6 Å². The molecule has 0 fully saturated rings. The Hall–Kier alpha value is -1.46. The first kappa shape index (κ1) is 14.0. The Bertz CT molecular complexity index is 599. The van der Waals surface area contributed by atoms with E-state index in [2.05, 4.69) is 0 Å². The molecule has 2 aromatic carbocycles. The van der Waals surface area contributed by atoms with Crippen LogP contribution in [-0.4, -0.2) is 5.11 Å². The Morgan fingerprint density at radius 3 is 2.47 bits per heavy atom. The minimum atomic E-state index is -0.894. The van der Waals surface area contributed by atoms with Gasteiger partial charge in [-0.15, -0.1) is 0 Å². The third-order valence-electron chi connectivity index (χ3n) is 2.55. The van der Waals surface area contributed by atoms with Crippen molar-refractivity contribution in [2.75, 3.05) is 0 Å². The summed E-state index contributed by atoms with van der Waals surface area (Å²) in [6.45, 7) is 1.49. The van der Waals surface area contributed by atoms with Gasteiger partial charge in [0.05, 0.1) is 15.9 Å². The zero-order valence-corrected chi connectivity index (χ0v) is 10.8. The van der Waals surface area contributed by atoms with Crippen LogP contribution < -0.4 is 0 Å². The Balaban J connectivity index is 2.46. The van der Waals surface area contributed by atoms with Crippen LogP contribution in [0.15, 0.2) is 46.2 Å². The molecule has 1 atom stereocenters. The normalized spacial score (nSPS) is 12.5. The summed E-state index contributed by atoms with van der Waals surface area (Å²) in [6, 6.07) is 7.21. The summed E-state index contributed by atoms with van der Waals surface area (Å²) in [7, 11) is 0. The van der Waals surface area contributed by atoms with E-state index in [-0.39, 0.29) is 9.79 Å². The van der Waals surface area contributed by atoms with Crippen molar-refractivity contribution in [3.8, 4) is 0 Å². The van der Waals surface area contributed by atoms with E-state index in [0.29, 0.717) is 5.56 Å². The first-order chi connectivity index (χ1) is 8.99. The molecule has 0 aromatic heterocycles. The highest BCUT2D eigenvalue weighted by Crippen LogP contribution is 2.36. The molecule has 2 rings (SSSR count). The molecule has 2 aromatic rings. The monoisotopic (exact) mass is 284 g/mol. The average molecular weight is 284 g/mol. The van der Waals surface area contributed by atoms with Crippen LogP contribution >= 0.6 is 11.8 Å². The Morgan fingerprint density at radius 2 is 1.79 bits per heavy atom. The van der Waals surface area contributed by atoms with Gasteiger partial charge in [0.25, 0.3) is 0 Å². The molecule has 19 heavy (non-hydrogen) atoms. The SMILES string of the molecule is C[C@@H](O)c1cccc(F)c1Sc1cc(F)ccc1F. The minimum Gasteiger partial charge on any atom is -0.389 e. The van der Waals surface area contributed by atoms with Gasteiger partial charge in [-0.3, -0.25) is 0 Å². The standard InChI is InChI=1S/C14H11F3OS/c1-8(18)10-3-2-4-12(17)14(10)19-13-7-9(15)5-6-11(13)16/h2-8,18H,1H3/t8-/m1/s1. The number of halogens is 3. The topological polar surface area (TPSA) is 20.2 Å². The number of hydrogen-bond donors (Lipinski definition) is 1. The molecular formula is C14H11F3OS. The fraction of sp³-hybridized carbons (Fsp3) is 0.143. The van der Waals surface area contributed by atoms with E-state index in [1.807, 2.05) is 0 Å². The van der Waals surface area contributed by atoms with Crippen molar-refractivity contribution in [3.63, 3.8) is 0 Å². The third kappa shape index (κ3) is 3.11. The van der Waals surface area contributed by atoms with Crippen molar-refractivity contribution in [2.45, 2.75) is 22.8 Å². The molecule has 0 aliphatic heterocycles. The van der Waals surface area contributed by atoms with Crippen molar-refractivity contribution in [3.05, 3.63) is 59.4 Å². The fourth-order valence-electron chi connectivity index (χ4n) is 1.63. The van der Waals surface area contributed by atoms with Crippen LogP contribution in [0.1, 0.15) is 18.6 Å². The van der Waals surface area contributed by atoms with Crippen LogP contribution in [-0.2, 0) is 0 Å². The maximum atomic E-state index is 13.8. The van der Waals surface area contributed by atoms with Crippen LogP contribution in [0.25, 0.3) is 0 Å². The summed E-state index contributed by atoms with van der Waals surface area (Å²) in [5.74, 6) is -1.81. The van der Waals surface area contributed by atoms with Crippen LogP contribution in [0, 0.1) is 17.5 Å². The number of aliphatic hydroxyl groups is 1. The second kappa shape index (κ2) is 5.67. The fourth-order valence-corrected chi connectivity index (χ4v) is 2.71. The lowest BCUT2D eigenvalue weighted by molar-refractivity contribution is 0.195. The highest BCUT2D eigenvalue weighted by Gasteiger charge is 2.16. The Kier molecular flexibility index (Phi) is 4.17. The quantitative estimate of drug-likeness (QED) is 0.906. The maximum Gasteiger partial charge on any atom is 0.137 e. The predicted molar refractivity (Wildman–Crippen MR) is 67.5 cm³/mol. The largest absolute Gasteiger partial charge is 0.389 e. The smallest absolute Gasteiger partial charge is 0.137 e. The Morgan fingerprint density at radius 1 is 1.05 bits per heavy atom. The van der Waals surface area contributed by atoms with Crippen molar-refractivity contribution in [1.29, 1.82) is 0 Å². The van der Waals surface area contributed by atoms with Crippen LogP contribution in [0.2, 0.25) is 0 Å². The van der Waals surface area contributed by atoms with Crippen LogP contribution in [0.4, 0.5) is 13.2 Å². The molecule has 0 radical (unpaired) electrons. The molecule has 0 amide bonds. The lowest BCUT2D eigenvalue weighted by Crippen LogP contribution is -1.97. The zero-order chi connectivity index (χ0) is 14.0. The zero-order valence-electron chi connectivity index (χ0n) is 10.0. The highest BCUT2D eigenvalue weighted by molar-refractivity contribution is 7.99. The lowest BCUT2D eigenvalue weighted by Gasteiger charge is -2.12. The summed E-state index contributed by atoms with van der Waals surface area (Å²) in [6.07, 6.45) is -0.894. The summed E-state index contributed by atoms with van der Waals surface area (Å²) in [4.78, 5) is 0.0778. The molecule has 1 N–H and O–H groups in total. The average Bonchev–Trinajstić information content (AvgIpc) is 2.35. The van der Waals surface area contributed by atoms with Crippen molar-refractivity contribution in [1.82, 2.24) is 0 Å². The molecular weight excluding hydrogens is 273 g/mol. The lowest BCUT2D eigenvalue weighted by atomic mass is 10.1. The van der Waals surface area contributed by atoms with Gasteiger partial charge >= 0.3 is 0 Å². The molecule has 0 unspecified atom stereocenters. The number of rotatable bonds is 3. The minimum absolute atomic E-state index is 0.0213. The molecule has 100 valence electrons. The first-order valence-electron chi connectivity index (χ1n) is 5.58. The van der Waals surface area contributed by atoms with Gasteiger partial charge in [0, 0.05) is 0 Å². The highest BCUT2D eigenvalue weighted by atomic mass is 32.2. The summed E-state index contributed by atoms with van der Waals surface area (Å²) >= 11 is 0.760. The van der Waals surface area contributed by atoms with E-state index in [1.54, 1.807) is 6.07 Å². The van der Waals surface area contributed by atoms with Gasteiger partial charge in [0.1, 0.15) is 17.5 Å². The predicted octanol–water partition coefficient (Wildman–Crippen LogP) is 4.31. The molecule has 0 saturated carbocycles. The van der Waals surface area contributed by atoms with Crippen molar-refractivity contribution in [2.24, 2.45) is 0 Å². The third-order valence-corrected chi connectivity index (χ3v) is 3.72. The summed E-state index contributed by atoms with van der Waals surface area (Å²) in [5.41, 5.74) is 0.341. The van der Waals surface area contributed by atoms with E-state index in [4.69, 9.17) is 0 Å². The molecule has 0 bridgehead atoms. The molecule has 0 aliphatic carbocycles. The van der Waals surface area contributed by atoms with E-state index >= 15 is 0 Å². The molecule has 0 heterocycles. The second-order valence-corrected chi connectivity index (χ2v) is 5.06. The van der Waals surface area contributed by atoms with Gasteiger partial charge < -0.3 is 5.11 Å². The van der Waals surface area contributed by atoms with E-state index in [1.165, 1.54) is 19.1 Å². The van der Waals surface area contributed by atoms with E-state index in [9.17, 15) is 18.3 Å². The van der Waals surface area contributed by atoms with Crippen molar-refractivity contribution >= 4 is 11.8 Å². The van der Waals surface area contributed by atoms with E-state index in [0.717, 1.165) is 30.0 Å². The molecule has 5 heteroatoms. The van der Waals surface area contributed by atoms with Crippen molar-refractivity contribution < 1.29 is 18.3 Å². The van der Waals surface area contributed by atoms with Gasteiger partial charge in [-0.25, -0.2) is 13.2 Å². The molecule has 0 aliphatic rings. The molecule has 1 nitrogen and oxygen atoms in total.